The van der Waals surface area contributed by atoms with Crippen molar-refractivity contribution in [3.63, 3.8) is 0 Å². The highest BCUT2D eigenvalue weighted by molar-refractivity contribution is 6.09. The third kappa shape index (κ3) is 3.41. The number of nitrogens with two attached hydrogens (primary N) is 2. The van der Waals surface area contributed by atoms with Crippen molar-refractivity contribution in [1.82, 2.24) is 0 Å². The molecule has 0 saturated carbocycles. The second kappa shape index (κ2) is 3.33. The molecule has 0 heterocycles. The molecule has 0 saturated heterocycles. The molecule has 0 aliphatic rings. The summed E-state index contributed by atoms with van der Waals surface area (Å²) in [7, 11) is 0. The van der Waals surface area contributed by atoms with Crippen LogP contribution in [0.1, 0.15) is 13.3 Å². The van der Waals surface area contributed by atoms with Crippen LogP contribution in [0, 0.1) is 0 Å². The van der Waals surface area contributed by atoms with E-state index in [2.05, 4.69) is 5.73 Å². The zero-order chi connectivity index (χ0) is 10.9. The topological polar surface area (TPSA) is 86.2 Å². The Morgan fingerprint density at radius 2 is 1.69 bits per heavy atom. The van der Waals surface area contributed by atoms with Crippen LogP contribution in [0.2, 0.25) is 0 Å². The first-order valence-electron chi connectivity index (χ1n) is 3.26. The maximum atomic E-state index is 11.7. The van der Waals surface area contributed by atoms with Crippen LogP contribution in [0.25, 0.3) is 0 Å². The Labute approximate surface area is 72.1 Å². The van der Waals surface area contributed by atoms with Crippen LogP contribution in [0.3, 0.4) is 0 Å². The average Bonchev–Trinajstić information content (AvgIpc) is 1.82. The quantitative estimate of drug-likeness (QED) is 0.611. The zero-order valence-corrected chi connectivity index (χ0v) is 6.81. The number of carbonyl (C=O) groups is 2. The van der Waals surface area contributed by atoms with Crippen molar-refractivity contribution in [2.75, 3.05) is 0 Å². The summed E-state index contributed by atoms with van der Waals surface area (Å²) in [6, 6.07) is 0. The first-order chi connectivity index (χ1) is 5.57. The van der Waals surface area contributed by atoms with E-state index in [9.17, 15) is 22.8 Å². The molecule has 4 N–H and O–H groups in total. The van der Waals surface area contributed by atoms with Crippen molar-refractivity contribution in [2.24, 2.45) is 11.5 Å². The maximum absolute atomic E-state index is 11.7. The summed E-state index contributed by atoms with van der Waals surface area (Å²) in [4.78, 5) is 21.2. The van der Waals surface area contributed by atoms with Crippen LogP contribution in [-0.2, 0) is 9.59 Å². The second-order valence-corrected chi connectivity index (χ2v) is 2.78. The first kappa shape index (κ1) is 11.9. The van der Waals surface area contributed by atoms with Gasteiger partial charge in [-0.05, 0) is 6.92 Å². The normalized spacial score (nSPS) is 16.4. The third-order valence-electron chi connectivity index (χ3n) is 1.45. The molecule has 76 valence electrons. The van der Waals surface area contributed by atoms with Crippen LogP contribution < -0.4 is 11.5 Å². The van der Waals surface area contributed by atoms with Crippen molar-refractivity contribution in [1.29, 1.82) is 0 Å². The molecule has 0 aromatic carbocycles. The van der Waals surface area contributed by atoms with E-state index < -0.39 is 29.8 Å². The minimum Gasteiger partial charge on any atom is -0.368 e. The second-order valence-electron chi connectivity index (χ2n) is 2.78. The minimum absolute atomic E-state index is 0.851. The van der Waals surface area contributed by atoms with Gasteiger partial charge in [-0.1, -0.05) is 0 Å². The molecule has 0 spiro atoms. The fourth-order valence-electron chi connectivity index (χ4n) is 0.503. The number of carbonyl (C=O) groups excluding carboxylic acids is 2. The van der Waals surface area contributed by atoms with Crippen LogP contribution >= 0.6 is 0 Å². The highest BCUT2D eigenvalue weighted by Crippen LogP contribution is 2.22. The number of alkyl halides is 3. The van der Waals surface area contributed by atoms with Crippen molar-refractivity contribution >= 4 is 11.7 Å². The molecule has 0 aliphatic heterocycles. The van der Waals surface area contributed by atoms with E-state index in [4.69, 9.17) is 5.73 Å². The van der Waals surface area contributed by atoms with Gasteiger partial charge in [-0.15, -0.1) is 0 Å². The SMILES string of the molecule is C[C@@](N)(C(N)=O)C(=O)CC(F)(F)F. The lowest BCUT2D eigenvalue weighted by molar-refractivity contribution is -0.156. The number of ketones is 1. The highest BCUT2D eigenvalue weighted by Gasteiger charge is 2.41. The summed E-state index contributed by atoms with van der Waals surface area (Å²) in [5.74, 6) is -2.71. The van der Waals surface area contributed by atoms with Crippen LogP contribution in [0.4, 0.5) is 13.2 Å². The van der Waals surface area contributed by atoms with E-state index in [0.717, 1.165) is 6.92 Å². The number of hydrogen-bond acceptors (Lipinski definition) is 3. The van der Waals surface area contributed by atoms with Gasteiger partial charge < -0.3 is 11.5 Å². The van der Waals surface area contributed by atoms with Crippen molar-refractivity contribution in [3.8, 4) is 0 Å². The van der Waals surface area contributed by atoms with Gasteiger partial charge >= 0.3 is 6.18 Å². The largest absolute Gasteiger partial charge is 0.395 e. The molecule has 1 amide bonds. The molecule has 0 bridgehead atoms. The molecule has 0 rings (SSSR count). The monoisotopic (exact) mass is 198 g/mol. The van der Waals surface area contributed by atoms with Crippen LogP contribution in [0.15, 0.2) is 0 Å². The lowest BCUT2D eigenvalue weighted by Gasteiger charge is -2.19. The lowest BCUT2D eigenvalue weighted by Crippen LogP contribution is -2.56. The van der Waals surface area contributed by atoms with Gasteiger partial charge in [-0.3, -0.25) is 9.59 Å². The molecule has 0 radical (unpaired) electrons. The highest BCUT2D eigenvalue weighted by atomic mass is 19.4. The van der Waals surface area contributed by atoms with E-state index >= 15 is 0 Å². The number of Topliss-reactive ketones (excluding diaryl/α,β-unsaturated/α-hetero) is 1. The number of amides is 1. The van der Waals surface area contributed by atoms with E-state index in [1.54, 1.807) is 0 Å². The Morgan fingerprint density at radius 3 is 1.92 bits per heavy atom. The van der Waals surface area contributed by atoms with Crippen LogP contribution in [-0.4, -0.2) is 23.4 Å². The van der Waals surface area contributed by atoms with Crippen LogP contribution in [0.5, 0.6) is 0 Å². The molecule has 0 aliphatic carbocycles. The number of primary amides is 1. The molecule has 1 atom stereocenters. The smallest absolute Gasteiger partial charge is 0.368 e. The predicted octanol–water partition coefficient (Wildman–Crippen LogP) is -0.289. The third-order valence-corrected chi connectivity index (χ3v) is 1.45. The molecule has 0 aromatic rings. The van der Waals surface area contributed by atoms with Gasteiger partial charge in [0.05, 0.1) is 0 Å². The van der Waals surface area contributed by atoms with Crippen molar-refractivity contribution < 1.29 is 22.8 Å². The van der Waals surface area contributed by atoms with E-state index in [0.29, 0.717) is 0 Å². The van der Waals surface area contributed by atoms with E-state index in [1.165, 1.54) is 0 Å². The fraction of sp³-hybridized carbons (Fsp3) is 0.667. The van der Waals surface area contributed by atoms with Gasteiger partial charge in [0.1, 0.15) is 6.42 Å². The van der Waals surface area contributed by atoms with Crippen molar-refractivity contribution in [2.45, 2.75) is 25.1 Å². The zero-order valence-electron chi connectivity index (χ0n) is 6.81. The Hall–Kier alpha value is -1.11. The Balaban J connectivity index is 4.53. The summed E-state index contributed by atoms with van der Waals surface area (Å²) in [6.07, 6.45) is -6.42. The lowest BCUT2D eigenvalue weighted by atomic mass is 9.95. The summed E-state index contributed by atoms with van der Waals surface area (Å²) >= 11 is 0. The standard InChI is InChI=1S/C6H9F3N2O2/c1-5(11,4(10)13)3(12)2-6(7,8)9/h2,11H2,1H3,(H2,10,13)/t5-/m0/s1. The Morgan fingerprint density at radius 1 is 1.31 bits per heavy atom. The molecule has 13 heavy (non-hydrogen) atoms. The molecule has 0 fully saturated rings. The average molecular weight is 198 g/mol. The van der Waals surface area contributed by atoms with Gasteiger partial charge in [-0.25, -0.2) is 0 Å². The van der Waals surface area contributed by atoms with E-state index in [-0.39, 0.29) is 0 Å². The number of halogens is 3. The molecular weight excluding hydrogens is 189 g/mol. The van der Waals surface area contributed by atoms with Gasteiger partial charge in [0.25, 0.3) is 0 Å². The summed E-state index contributed by atoms with van der Waals surface area (Å²) in [5.41, 5.74) is 7.37. The first-order valence-corrected chi connectivity index (χ1v) is 3.26. The van der Waals surface area contributed by atoms with Gasteiger partial charge in [0.15, 0.2) is 11.3 Å². The van der Waals surface area contributed by atoms with Gasteiger partial charge in [-0.2, -0.15) is 13.2 Å². The van der Waals surface area contributed by atoms with Crippen molar-refractivity contribution in [3.05, 3.63) is 0 Å². The number of rotatable bonds is 3. The Bertz CT molecular complexity index is 235. The maximum Gasteiger partial charge on any atom is 0.395 e. The van der Waals surface area contributed by atoms with Gasteiger partial charge in [0.2, 0.25) is 5.91 Å². The summed E-state index contributed by atoms with van der Waals surface area (Å²) < 4.78 is 35.0. The summed E-state index contributed by atoms with van der Waals surface area (Å²) in [6.45, 7) is 0.851. The van der Waals surface area contributed by atoms with Gasteiger partial charge in [0, 0.05) is 0 Å². The molecule has 0 unspecified atom stereocenters. The summed E-state index contributed by atoms with van der Waals surface area (Å²) in [5, 5.41) is 0. The molecule has 4 nitrogen and oxygen atoms in total. The van der Waals surface area contributed by atoms with E-state index in [1.807, 2.05) is 0 Å². The predicted molar refractivity (Wildman–Crippen MR) is 37.5 cm³/mol. The Kier molecular flexibility index (Phi) is 3.04. The molecule has 7 heteroatoms. The fourth-order valence-corrected chi connectivity index (χ4v) is 0.503. The molecule has 0 aromatic heterocycles. The minimum atomic E-state index is -4.67. The molecular formula is C6H9F3N2O2. The number of hydrogen-bond donors (Lipinski definition) is 2.